The van der Waals surface area contributed by atoms with Crippen LogP contribution in [0.5, 0.6) is 0 Å². The Kier molecular flexibility index (Phi) is 6.05. The molecular weight excluding hydrogens is 230 g/mol. The smallest absolute Gasteiger partial charge is 0.0656 e. The molecule has 2 atom stereocenters. The number of ether oxygens (including phenoxy) is 2. The molecule has 0 aliphatic carbocycles. The van der Waals surface area contributed by atoms with Crippen molar-refractivity contribution in [2.24, 2.45) is 0 Å². The van der Waals surface area contributed by atoms with E-state index in [2.05, 4.69) is 19.2 Å². The van der Waals surface area contributed by atoms with E-state index in [1.165, 1.54) is 0 Å². The van der Waals surface area contributed by atoms with Crippen LogP contribution in [-0.2, 0) is 9.47 Å². The topological polar surface area (TPSA) is 50.7 Å². The first-order valence-electron chi connectivity index (χ1n) is 6.94. The SMILES string of the molecule is COCCNCCC(C)(O)CC1CCC(C)(C)O1. The third kappa shape index (κ3) is 6.14. The van der Waals surface area contributed by atoms with Gasteiger partial charge in [0.25, 0.3) is 0 Å². The van der Waals surface area contributed by atoms with Crippen LogP contribution in [0.4, 0.5) is 0 Å². The van der Waals surface area contributed by atoms with Crippen LogP contribution in [0.25, 0.3) is 0 Å². The number of rotatable bonds is 8. The molecule has 0 bridgehead atoms. The summed E-state index contributed by atoms with van der Waals surface area (Å²) in [5, 5.41) is 13.6. The van der Waals surface area contributed by atoms with Gasteiger partial charge in [0.2, 0.25) is 0 Å². The maximum absolute atomic E-state index is 10.4. The standard InChI is InChI=1S/C14H29NO3/c1-13(2)6-5-12(18-13)11-14(3,16)7-8-15-9-10-17-4/h12,15-16H,5-11H2,1-4H3. The zero-order chi connectivity index (χ0) is 13.6. The van der Waals surface area contributed by atoms with E-state index in [1.807, 2.05) is 6.92 Å². The highest BCUT2D eigenvalue weighted by molar-refractivity contribution is 4.86. The molecule has 18 heavy (non-hydrogen) atoms. The van der Waals surface area contributed by atoms with Crippen LogP contribution in [0.15, 0.2) is 0 Å². The molecule has 4 heteroatoms. The van der Waals surface area contributed by atoms with Gasteiger partial charge in [0.05, 0.1) is 23.9 Å². The molecule has 1 saturated heterocycles. The van der Waals surface area contributed by atoms with E-state index in [0.717, 1.165) is 38.8 Å². The minimum absolute atomic E-state index is 0.0164. The summed E-state index contributed by atoms with van der Waals surface area (Å²) in [7, 11) is 1.69. The summed E-state index contributed by atoms with van der Waals surface area (Å²) in [5.74, 6) is 0. The second kappa shape index (κ2) is 6.85. The summed E-state index contributed by atoms with van der Waals surface area (Å²) in [6.45, 7) is 8.50. The van der Waals surface area contributed by atoms with Crippen molar-refractivity contribution in [1.82, 2.24) is 5.32 Å². The zero-order valence-electron chi connectivity index (χ0n) is 12.3. The molecule has 4 nitrogen and oxygen atoms in total. The van der Waals surface area contributed by atoms with E-state index in [1.54, 1.807) is 7.11 Å². The summed E-state index contributed by atoms with van der Waals surface area (Å²) in [6.07, 6.45) is 3.81. The van der Waals surface area contributed by atoms with Crippen molar-refractivity contribution in [1.29, 1.82) is 0 Å². The Balaban J connectivity index is 2.19. The van der Waals surface area contributed by atoms with Crippen LogP contribution >= 0.6 is 0 Å². The predicted molar refractivity (Wildman–Crippen MR) is 72.8 cm³/mol. The van der Waals surface area contributed by atoms with Crippen LogP contribution in [0.2, 0.25) is 0 Å². The average molecular weight is 259 g/mol. The van der Waals surface area contributed by atoms with Crippen LogP contribution in [0.1, 0.15) is 46.5 Å². The number of nitrogens with one attached hydrogen (secondary N) is 1. The first kappa shape index (κ1) is 15.9. The van der Waals surface area contributed by atoms with Gasteiger partial charge in [-0.15, -0.1) is 0 Å². The number of aliphatic hydroxyl groups is 1. The summed E-state index contributed by atoms with van der Waals surface area (Å²) in [6, 6.07) is 0. The molecule has 108 valence electrons. The highest BCUT2D eigenvalue weighted by Gasteiger charge is 2.35. The third-order valence-electron chi connectivity index (χ3n) is 3.54. The van der Waals surface area contributed by atoms with Crippen molar-refractivity contribution < 1.29 is 14.6 Å². The van der Waals surface area contributed by atoms with Crippen molar-refractivity contribution in [3.8, 4) is 0 Å². The largest absolute Gasteiger partial charge is 0.390 e. The predicted octanol–water partition coefficient (Wildman–Crippen LogP) is 1.71. The Labute approximate surface area is 111 Å². The summed E-state index contributed by atoms with van der Waals surface area (Å²) < 4.78 is 10.9. The fourth-order valence-electron chi connectivity index (χ4n) is 2.47. The molecule has 0 radical (unpaired) electrons. The summed E-state index contributed by atoms with van der Waals surface area (Å²) in [4.78, 5) is 0. The van der Waals surface area contributed by atoms with E-state index < -0.39 is 5.60 Å². The van der Waals surface area contributed by atoms with Gasteiger partial charge in [-0.1, -0.05) is 0 Å². The third-order valence-corrected chi connectivity index (χ3v) is 3.54. The molecule has 1 aliphatic rings. The maximum Gasteiger partial charge on any atom is 0.0656 e. The van der Waals surface area contributed by atoms with Gasteiger partial charge in [0, 0.05) is 20.1 Å². The molecule has 0 aromatic carbocycles. The van der Waals surface area contributed by atoms with Crippen LogP contribution < -0.4 is 5.32 Å². The lowest BCUT2D eigenvalue weighted by Gasteiger charge is -2.28. The summed E-state index contributed by atoms with van der Waals surface area (Å²) in [5.41, 5.74) is -0.664. The molecule has 1 rings (SSSR count). The second-order valence-corrected chi connectivity index (χ2v) is 6.23. The van der Waals surface area contributed by atoms with Gasteiger partial charge >= 0.3 is 0 Å². The molecule has 0 aromatic rings. The van der Waals surface area contributed by atoms with Gasteiger partial charge in [0.15, 0.2) is 0 Å². The van der Waals surface area contributed by atoms with E-state index in [-0.39, 0.29) is 11.7 Å². The fourth-order valence-corrected chi connectivity index (χ4v) is 2.47. The van der Waals surface area contributed by atoms with E-state index in [4.69, 9.17) is 9.47 Å². The minimum atomic E-state index is -0.648. The fraction of sp³-hybridized carbons (Fsp3) is 1.00. The molecule has 1 heterocycles. The van der Waals surface area contributed by atoms with Crippen molar-refractivity contribution >= 4 is 0 Å². The van der Waals surface area contributed by atoms with Gasteiger partial charge in [-0.25, -0.2) is 0 Å². The van der Waals surface area contributed by atoms with Crippen molar-refractivity contribution in [3.05, 3.63) is 0 Å². The molecule has 0 amide bonds. The van der Waals surface area contributed by atoms with Crippen molar-refractivity contribution in [2.45, 2.75) is 63.8 Å². The molecule has 2 unspecified atom stereocenters. The summed E-state index contributed by atoms with van der Waals surface area (Å²) >= 11 is 0. The Morgan fingerprint density at radius 1 is 1.44 bits per heavy atom. The average Bonchev–Trinajstić information content (AvgIpc) is 2.56. The lowest BCUT2D eigenvalue weighted by atomic mass is 9.93. The normalized spacial score (nSPS) is 26.2. The number of hydrogen-bond acceptors (Lipinski definition) is 4. The first-order chi connectivity index (χ1) is 8.35. The lowest BCUT2D eigenvalue weighted by Crippen LogP contribution is -2.35. The molecule has 2 N–H and O–H groups in total. The second-order valence-electron chi connectivity index (χ2n) is 6.23. The Morgan fingerprint density at radius 2 is 2.17 bits per heavy atom. The molecule has 1 fully saturated rings. The van der Waals surface area contributed by atoms with Gasteiger partial charge in [-0.3, -0.25) is 0 Å². The zero-order valence-corrected chi connectivity index (χ0v) is 12.3. The first-order valence-corrected chi connectivity index (χ1v) is 6.94. The number of hydrogen-bond donors (Lipinski definition) is 2. The Bertz CT molecular complexity index is 241. The lowest BCUT2D eigenvalue weighted by molar-refractivity contribution is -0.0603. The molecule has 0 aromatic heterocycles. The van der Waals surface area contributed by atoms with Crippen LogP contribution in [0.3, 0.4) is 0 Å². The monoisotopic (exact) mass is 259 g/mol. The van der Waals surface area contributed by atoms with Gasteiger partial charge in [-0.05, 0) is 46.6 Å². The van der Waals surface area contributed by atoms with E-state index in [9.17, 15) is 5.11 Å². The number of methoxy groups -OCH3 is 1. The van der Waals surface area contributed by atoms with Crippen molar-refractivity contribution in [3.63, 3.8) is 0 Å². The highest BCUT2D eigenvalue weighted by Crippen LogP contribution is 2.33. The van der Waals surface area contributed by atoms with E-state index in [0.29, 0.717) is 6.61 Å². The molecular formula is C14H29NO3. The Hall–Kier alpha value is -0.160. The van der Waals surface area contributed by atoms with Crippen LogP contribution in [-0.4, -0.2) is 49.2 Å². The van der Waals surface area contributed by atoms with Crippen molar-refractivity contribution in [2.75, 3.05) is 26.8 Å². The minimum Gasteiger partial charge on any atom is -0.390 e. The van der Waals surface area contributed by atoms with Gasteiger partial charge in [-0.2, -0.15) is 0 Å². The molecule has 0 spiro atoms. The molecule has 0 saturated carbocycles. The molecule has 1 aliphatic heterocycles. The van der Waals surface area contributed by atoms with Crippen LogP contribution in [0, 0.1) is 0 Å². The van der Waals surface area contributed by atoms with E-state index >= 15 is 0 Å². The quantitative estimate of drug-likeness (QED) is 0.652. The highest BCUT2D eigenvalue weighted by atomic mass is 16.5. The van der Waals surface area contributed by atoms with Gasteiger partial charge in [0.1, 0.15) is 0 Å². The maximum atomic E-state index is 10.4. The van der Waals surface area contributed by atoms with Gasteiger partial charge < -0.3 is 19.9 Å². The Morgan fingerprint density at radius 3 is 2.72 bits per heavy atom.